The molecule has 0 bridgehead atoms. The highest BCUT2D eigenvalue weighted by molar-refractivity contribution is 6.06. The molecule has 126 valence electrons. The Morgan fingerprint density at radius 1 is 1.28 bits per heavy atom. The maximum atomic E-state index is 13.1. The average Bonchev–Trinajstić information content (AvgIpc) is 3.26. The first-order valence-electron chi connectivity index (χ1n) is 7.75. The predicted molar refractivity (Wildman–Crippen MR) is 90.5 cm³/mol. The number of aromatic nitrogens is 2. The number of hydrogen-bond donors (Lipinski definition) is 3. The molecule has 25 heavy (non-hydrogen) atoms. The van der Waals surface area contributed by atoms with Crippen LogP contribution in [0.1, 0.15) is 24.2 Å². The third kappa shape index (κ3) is 2.69. The number of amides is 1. The first-order chi connectivity index (χ1) is 12.1. The molecule has 1 aliphatic rings. The van der Waals surface area contributed by atoms with Gasteiger partial charge in [0, 0.05) is 16.9 Å². The zero-order valence-electron chi connectivity index (χ0n) is 13.3. The minimum Gasteiger partial charge on any atom is -0.468 e. The normalized spacial score (nSPS) is 16.3. The summed E-state index contributed by atoms with van der Waals surface area (Å²) in [6, 6.07) is 9.24. The van der Waals surface area contributed by atoms with Gasteiger partial charge in [-0.15, -0.1) is 0 Å². The molecular weight excluding hydrogens is 323 g/mol. The molecule has 1 atom stereocenters. The van der Waals surface area contributed by atoms with E-state index in [0.29, 0.717) is 22.7 Å². The van der Waals surface area contributed by atoms with Gasteiger partial charge in [-0.3, -0.25) is 9.89 Å². The molecular formula is C18H15FN4O2. The predicted octanol–water partition coefficient (Wildman–Crippen LogP) is 3.61. The molecule has 0 fully saturated rings. The molecule has 7 heteroatoms. The average molecular weight is 338 g/mol. The van der Waals surface area contributed by atoms with Crippen LogP contribution in [-0.4, -0.2) is 16.1 Å². The fourth-order valence-electron chi connectivity index (χ4n) is 3.03. The summed E-state index contributed by atoms with van der Waals surface area (Å²) in [6.07, 6.45) is 3.25. The summed E-state index contributed by atoms with van der Waals surface area (Å²) in [5, 5.41) is 12.9. The number of nitrogens with one attached hydrogen (secondary N) is 3. The number of halogens is 1. The number of rotatable bonds is 3. The molecule has 4 rings (SSSR count). The van der Waals surface area contributed by atoms with E-state index in [0.717, 1.165) is 11.4 Å². The van der Waals surface area contributed by atoms with Gasteiger partial charge in [0.2, 0.25) is 0 Å². The SMILES string of the molecule is CC1=C(C(=O)Nc2ccc(F)cc2)C(c2ccco2)c2cn[nH]c2N1. The number of fused-ring (bicyclic) bond motifs is 1. The van der Waals surface area contributed by atoms with Crippen LogP contribution in [0.4, 0.5) is 15.9 Å². The van der Waals surface area contributed by atoms with E-state index in [1.807, 2.05) is 13.0 Å². The number of carbonyl (C=O) groups is 1. The summed E-state index contributed by atoms with van der Waals surface area (Å²) < 4.78 is 18.6. The Bertz CT molecular complexity index is 942. The summed E-state index contributed by atoms with van der Waals surface area (Å²) >= 11 is 0. The Hall–Kier alpha value is -3.35. The van der Waals surface area contributed by atoms with Crippen molar-refractivity contribution < 1.29 is 13.6 Å². The van der Waals surface area contributed by atoms with Gasteiger partial charge in [0.15, 0.2) is 0 Å². The summed E-state index contributed by atoms with van der Waals surface area (Å²) in [5.74, 6) is 0.351. The van der Waals surface area contributed by atoms with Crippen molar-refractivity contribution in [1.29, 1.82) is 0 Å². The lowest BCUT2D eigenvalue weighted by Gasteiger charge is -2.26. The molecule has 1 aliphatic heterocycles. The van der Waals surface area contributed by atoms with Crippen LogP contribution in [-0.2, 0) is 4.79 Å². The number of benzene rings is 1. The fraction of sp³-hybridized carbons (Fsp3) is 0.111. The lowest BCUT2D eigenvalue weighted by molar-refractivity contribution is -0.113. The molecule has 0 saturated heterocycles. The van der Waals surface area contributed by atoms with Crippen molar-refractivity contribution in [3.63, 3.8) is 0 Å². The number of hydrogen-bond acceptors (Lipinski definition) is 4. The minimum atomic E-state index is -0.384. The maximum absolute atomic E-state index is 13.1. The molecule has 2 aromatic heterocycles. The van der Waals surface area contributed by atoms with Crippen molar-refractivity contribution in [1.82, 2.24) is 10.2 Å². The maximum Gasteiger partial charge on any atom is 0.254 e. The molecule has 0 spiro atoms. The summed E-state index contributed by atoms with van der Waals surface area (Å²) in [7, 11) is 0. The van der Waals surface area contributed by atoms with Crippen molar-refractivity contribution in [2.24, 2.45) is 0 Å². The van der Waals surface area contributed by atoms with Gasteiger partial charge in [-0.25, -0.2) is 4.39 Å². The second-order valence-corrected chi connectivity index (χ2v) is 5.77. The quantitative estimate of drug-likeness (QED) is 0.681. The second-order valence-electron chi connectivity index (χ2n) is 5.77. The third-order valence-electron chi connectivity index (χ3n) is 4.16. The lowest BCUT2D eigenvalue weighted by Crippen LogP contribution is -2.26. The van der Waals surface area contributed by atoms with E-state index < -0.39 is 0 Å². The zero-order chi connectivity index (χ0) is 17.4. The molecule has 0 saturated carbocycles. The van der Waals surface area contributed by atoms with E-state index in [9.17, 15) is 9.18 Å². The van der Waals surface area contributed by atoms with E-state index in [4.69, 9.17) is 4.42 Å². The van der Waals surface area contributed by atoms with Crippen molar-refractivity contribution >= 4 is 17.4 Å². The number of H-pyrrole nitrogens is 1. The van der Waals surface area contributed by atoms with Crippen LogP contribution in [0, 0.1) is 5.82 Å². The number of nitrogens with zero attached hydrogens (tertiary/aromatic N) is 1. The number of anilines is 2. The third-order valence-corrected chi connectivity index (χ3v) is 4.16. The largest absolute Gasteiger partial charge is 0.468 e. The number of allylic oxidation sites excluding steroid dienone is 1. The highest BCUT2D eigenvalue weighted by Gasteiger charge is 2.35. The molecule has 1 aromatic carbocycles. The smallest absolute Gasteiger partial charge is 0.254 e. The molecule has 3 N–H and O–H groups in total. The molecule has 1 amide bonds. The molecule has 0 radical (unpaired) electrons. The zero-order valence-corrected chi connectivity index (χ0v) is 13.3. The van der Waals surface area contributed by atoms with Crippen LogP contribution < -0.4 is 10.6 Å². The molecule has 1 unspecified atom stereocenters. The first kappa shape index (κ1) is 15.2. The highest BCUT2D eigenvalue weighted by atomic mass is 19.1. The van der Waals surface area contributed by atoms with Crippen molar-refractivity contribution in [3.8, 4) is 0 Å². The van der Waals surface area contributed by atoms with Gasteiger partial charge < -0.3 is 15.1 Å². The second kappa shape index (κ2) is 5.94. The molecule has 3 aromatic rings. The van der Waals surface area contributed by atoms with E-state index in [-0.39, 0.29) is 17.6 Å². The van der Waals surface area contributed by atoms with Crippen molar-refractivity contribution in [3.05, 3.63) is 77.3 Å². The first-order valence-corrected chi connectivity index (χ1v) is 7.75. The molecule has 6 nitrogen and oxygen atoms in total. The van der Waals surface area contributed by atoms with Gasteiger partial charge in [-0.1, -0.05) is 0 Å². The van der Waals surface area contributed by atoms with Crippen molar-refractivity contribution in [2.75, 3.05) is 10.6 Å². The summed E-state index contributed by atoms with van der Waals surface area (Å²) in [4.78, 5) is 12.9. The van der Waals surface area contributed by atoms with Gasteiger partial charge in [-0.05, 0) is 43.3 Å². The topological polar surface area (TPSA) is 83.0 Å². The number of furan rings is 1. The van der Waals surface area contributed by atoms with Gasteiger partial charge in [0.25, 0.3) is 5.91 Å². The standard InChI is InChI=1S/C18H15FN4O2/c1-10-15(18(24)22-12-6-4-11(19)5-7-12)16(14-3-2-8-25-14)13-9-20-23-17(13)21-10/h2-9,16H,1H3,(H,22,24)(H2,20,21,23). The Morgan fingerprint density at radius 2 is 2.08 bits per heavy atom. The van der Waals surface area contributed by atoms with Crippen molar-refractivity contribution in [2.45, 2.75) is 12.8 Å². The van der Waals surface area contributed by atoms with Crippen LogP contribution in [0.3, 0.4) is 0 Å². The van der Waals surface area contributed by atoms with E-state index in [1.54, 1.807) is 18.5 Å². The highest BCUT2D eigenvalue weighted by Crippen LogP contribution is 2.41. The molecule has 3 heterocycles. The Morgan fingerprint density at radius 3 is 2.80 bits per heavy atom. The number of aromatic amines is 1. The fourth-order valence-corrected chi connectivity index (χ4v) is 3.03. The number of carbonyl (C=O) groups excluding carboxylic acids is 1. The lowest BCUT2D eigenvalue weighted by atomic mass is 9.86. The van der Waals surface area contributed by atoms with Crippen LogP contribution in [0.5, 0.6) is 0 Å². The summed E-state index contributed by atoms with van der Waals surface area (Å²) in [6.45, 7) is 1.82. The van der Waals surface area contributed by atoms with Crippen LogP contribution in [0.2, 0.25) is 0 Å². The Kier molecular flexibility index (Phi) is 3.61. The minimum absolute atomic E-state index is 0.287. The molecule has 0 aliphatic carbocycles. The van der Waals surface area contributed by atoms with Gasteiger partial charge in [0.05, 0.1) is 24.0 Å². The van der Waals surface area contributed by atoms with E-state index in [2.05, 4.69) is 20.8 Å². The van der Waals surface area contributed by atoms with E-state index in [1.165, 1.54) is 24.3 Å². The van der Waals surface area contributed by atoms with Gasteiger partial charge >= 0.3 is 0 Å². The van der Waals surface area contributed by atoms with Crippen LogP contribution in [0.25, 0.3) is 0 Å². The summed E-state index contributed by atoms with van der Waals surface area (Å²) in [5.41, 5.74) is 2.55. The van der Waals surface area contributed by atoms with Gasteiger partial charge in [0.1, 0.15) is 17.4 Å². The van der Waals surface area contributed by atoms with Crippen LogP contribution >= 0.6 is 0 Å². The Balaban J connectivity index is 1.72. The van der Waals surface area contributed by atoms with E-state index >= 15 is 0 Å². The Labute approximate surface area is 142 Å². The monoisotopic (exact) mass is 338 g/mol. The van der Waals surface area contributed by atoms with Gasteiger partial charge in [-0.2, -0.15) is 5.10 Å². The van der Waals surface area contributed by atoms with Crippen LogP contribution in [0.15, 0.2) is 64.5 Å².